The topological polar surface area (TPSA) is 46.6 Å². The average Bonchev–Trinajstić information content (AvgIpc) is 2.64. The third-order valence-electron chi connectivity index (χ3n) is 3.75. The number of halogens is 13. The predicted molar refractivity (Wildman–Crippen MR) is 78.8 cm³/mol. The van der Waals surface area contributed by atoms with E-state index in [0.717, 1.165) is 6.92 Å². The van der Waals surface area contributed by atoms with Crippen LogP contribution >= 0.6 is 0 Å². The Kier molecular flexibility index (Phi) is 8.68. The molecule has 0 aromatic carbocycles. The van der Waals surface area contributed by atoms with Crippen molar-refractivity contribution >= 4 is 11.9 Å². The Balaban J connectivity index is 6.19. The molecule has 0 saturated heterocycles. The zero-order chi connectivity index (χ0) is 26.0. The SMILES string of the molecule is C=CC(=O)OCCN(CCC)C(=O)C(F)(F)C(F)(F)C(F)(F)C(F)(F)C(F)(F)C(F)(F)F. The van der Waals surface area contributed by atoms with Crippen molar-refractivity contribution in [1.29, 1.82) is 0 Å². The Morgan fingerprint density at radius 1 is 0.781 bits per heavy atom. The van der Waals surface area contributed by atoms with E-state index in [1.165, 1.54) is 0 Å². The van der Waals surface area contributed by atoms with Gasteiger partial charge in [-0.3, -0.25) is 4.79 Å². The van der Waals surface area contributed by atoms with Crippen LogP contribution in [0.2, 0.25) is 0 Å². The van der Waals surface area contributed by atoms with E-state index in [1.54, 1.807) is 0 Å². The molecule has 17 heteroatoms. The molecule has 0 aromatic heterocycles. The minimum atomic E-state index is -8.10. The molecule has 0 saturated carbocycles. The van der Waals surface area contributed by atoms with Crippen LogP contribution in [0, 0.1) is 0 Å². The number of ether oxygens (including phenoxy) is 1. The molecular formula is C15H14F13NO3. The third-order valence-corrected chi connectivity index (χ3v) is 3.75. The molecule has 0 N–H and O–H groups in total. The molecule has 188 valence electrons. The molecule has 0 spiro atoms. The molecule has 0 aliphatic heterocycles. The summed E-state index contributed by atoms with van der Waals surface area (Å²) in [4.78, 5) is 22.2. The first-order chi connectivity index (χ1) is 14.1. The molecule has 0 aliphatic carbocycles. The van der Waals surface area contributed by atoms with Crippen LogP contribution in [0.3, 0.4) is 0 Å². The number of carbonyl (C=O) groups excluding carboxylic acids is 2. The van der Waals surface area contributed by atoms with Crippen LogP contribution in [0.25, 0.3) is 0 Å². The number of hydrogen-bond acceptors (Lipinski definition) is 3. The van der Waals surface area contributed by atoms with Gasteiger partial charge in [-0.1, -0.05) is 13.5 Å². The van der Waals surface area contributed by atoms with Crippen molar-refractivity contribution in [2.24, 2.45) is 0 Å². The van der Waals surface area contributed by atoms with E-state index in [1.807, 2.05) is 0 Å². The second-order valence-electron chi connectivity index (χ2n) is 6.03. The van der Waals surface area contributed by atoms with E-state index in [4.69, 9.17) is 0 Å². The molecule has 0 aliphatic rings. The molecule has 0 fully saturated rings. The number of esters is 1. The first-order valence-corrected chi connectivity index (χ1v) is 8.12. The number of rotatable bonds is 11. The maximum Gasteiger partial charge on any atom is 0.460 e. The van der Waals surface area contributed by atoms with Crippen LogP contribution in [0.15, 0.2) is 12.7 Å². The largest absolute Gasteiger partial charge is 0.461 e. The number of nitrogens with zero attached hydrogens (tertiary/aromatic N) is 1. The summed E-state index contributed by atoms with van der Waals surface area (Å²) in [5, 5.41) is 0. The lowest BCUT2D eigenvalue weighted by atomic mass is 9.93. The highest BCUT2D eigenvalue weighted by Crippen LogP contribution is 2.60. The minimum Gasteiger partial charge on any atom is -0.461 e. The van der Waals surface area contributed by atoms with Crippen LogP contribution in [0.1, 0.15) is 13.3 Å². The second-order valence-corrected chi connectivity index (χ2v) is 6.03. The lowest BCUT2D eigenvalue weighted by Crippen LogP contribution is -2.72. The fraction of sp³-hybridized carbons (Fsp3) is 0.733. The van der Waals surface area contributed by atoms with Crippen molar-refractivity contribution in [3.63, 3.8) is 0 Å². The van der Waals surface area contributed by atoms with E-state index in [-0.39, 0.29) is 11.3 Å². The Morgan fingerprint density at radius 3 is 1.59 bits per heavy atom. The van der Waals surface area contributed by atoms with Gasteiger partial charge in [-0.25, -0.2) is 4.79 Å². The standard InChI is InChI=1S/C15H14F13NO3/c1-3-5-29(6-7-32-8(30)4-2)9(31)10(16,17)11(18,19)12(20,21)13(22,23)14(24,25)15(26,27)28/h4H,2-3,5-7H2,1H3. The van der Waals surface area contributed by atoms with Crippen molar-refractivity contribution in [3.05, 3.63) is 12.7 Å². The smallest absolute Gasteiger partial charge is 0.460 e. The first-order valence-electron chi connectivity index (χ1n) is 8.12. The highest BCUT2D eigenvalue weighted by Gasteiger charge is 2.91. The normalized spacial score (nSPS) is 14.2. The van der Waals surface area contributed by atoms with Crippen LogP contribution in [0.4, 0.5) is 57.1 Å². The van der Waals surface area contributed by atoms with E-state index in [0.29, 0.717) is 6.08 Å². The fourth-order valence-corrected chi connectivity index (χ4v) is 2.00. The van der Waals surface area contributed by atoms with E-state index < -0.39 is 67.4 Å². The molecule has 0 heterocycles. The molecule has 0 unspecified atom stereocenters. The zero-order valence-corrected chi connectivity index (χ0v) is 15.7. The maximum absolute atomic E-state index is 13.9. The highest BCUT2D eigenvalue weighted by atomic mass is 19.4. The quantitative estimate of drug-likeness (QED) is 0.234. The van der Waals surface area contributed by atoms with Gasteiger partial charge in [-0.05, 0) is 6.42 Å². The van der Waals surface area contributed by atoms with Gasteiger partial charge in [0.2, 0.25) is 0 Å². The van der Waals surface area contributed by atoms with E-state index in [2.05, 4.69) is 11.3 Å². The lowest BCUT2D eigenvalue weighted by molar-refractivity contribution is -0.436. The molecule has 1 amide bonds. The van der Waals surface area contributed by atoms with Crippen LogP contribution in [-0.4, -0.2) is 72.3 Å². The molecule has 32 heavy (non-hydrogen) atoms. The Labute approximate surface area is 171 Å². The van der Waals surface area contributed by atoms with Gasteiger partial charge in [0, 0.05) is 12.6 Å². The van der Waals surface area contributed by atoms with Crippen molar-refractivity contribution in [3.8, 4) is 0 Å². The fourth-order valence-electron chi connectivity index (χ4n) is 2.00. The van der Waals surface area contributed by atoms with Gasteiger partial charge in [0.05, 0.1) is 6.54 Å². The van der Waals surface area contributed by atoms with Gasteiger partial charge in [-0.15, -0.1) is 0 Å². The molecule has 0 bridgehead atoms. The lowest BCUT2D eigenvalue weighted by Gasteiger charge is -2.40. The molecule has 4 nitrogen and oxygen atoms in total. The van der Waals surface area contributed by atoms with Gasteiger partial charge in [0.25, 0.3) is 5.91 Å². The molecule has 0 aromatic rings. The summed E-state index contributed by atoms with van der Waals surface area (Å²) in [6, 6.07) is 0. The third kappa shape index (κ3) is 4.89. The molecular weight excluding hydrogens is 489 g/mol. The summed E-state index contributed by atoms with van der Waals surface area (Å²) in [6.45, 7) is 0.938. The summed E-state index contributed by atoms with van der Waals surface area (Å²) in [6.07, 6.45) is -7.34. The number of amides is 1. The van der Waals surface area contributed by atoms with E-state index >= 15 is 0 Å². The molecule has 0 rings (SSSR count). The van der Waals surface area contributed by atoms with Gasteiger partial charge in [0.1, 0.15) is 6.61 Å². The van der Waals surface area contributed by atoms with Gasteiger partial charge in [0.15, 0.2) is 0 Å². The number of alkyl halides is 13. The summed E-state index contributed by atoms with van der Waals surface area (Å²) >= 11 is 0. The van der Waals surface area contributed by atoms with Crippen molar-refractivity contribution in [2.75, 3.05) is 19.7 Å². The van der Waals surface area contributed by atoms with E-state index in [9.17, 15) is 66.7 Å². The Bertz CT molecular complexity index is 703. The monoisotopic (exact) mass is 503 g/mol. The zero-order valence-electron chi connectivity index (χ0n) is 15.7. The summed E-state index contributed by atoms with van der Waals surface area (Å²) < 4.78 is 175. The van der Waals surface area contributed by atoms with Crippen molar-refractivity contribution < 1.29 is 71.4 Å². The molecule has 0 atom stereocenters. The maximum atomic E-state index is 13.9. The average molecular weight is 503 g/mol. The van der Waals surface area contributed by atoms with Crippen molar-refractivity contribution in [2.45, 2.75) is 49.1 Å². The summed E-state index contributed by atoms with van der Waals surface area (Å²) in [5.74, 6) is -43.2. The van der Waals surface area contributed by atoms with Crippen LogP contribution in [-0.2, 0) is 14.3 Å². The molecule has 0 radical (unpaired) electrons. The van der Waals surface area contributed by atoms with Crippen LogP contribution < -0.4 is 0 Å². The van der Waals surface area contributed by atoms with Gasteiger partial charge < -0.3 is 9.64 Å². The van der Waals surface area contributed by atoms with Gasteiger partial charge >= 0.3 is 41.8 Å². The minimum absolute atomic E-state index is 0.332. The number of hydrogen-bond donors (Lipinski definition) is 0. The van der Waals surface area contributed by atoms with Gasteiger partial charge in [-0.2, -0.15) is 57.1 Å². The predicted octanol–water partition coefficient (Wildman–Crippen LogP) is 4.69. The second kappa shape index (κ2) is 9.33. The Morgan fingerprint density at radius 2 is 1.22 bits per heavy atom. The van der Waals surface area contributed by atoms with Crippen LogP contribution in [0.5, 0.6) is 0 Å². The van der Waals surface area contributed by atoms with Crippen molar-refractivity contribution in [1.82, 2.24) is 4.90 Å². The Hall–Kier alpha value is -2.23. The summed E-state index contributed by atoms with van der Waals surface area (Å²) in [7, 11) is 0. The highest BCUT2D eigenvalue weighted by molar-refractivity contribution is 5.85. The summed E-state index contributed by atoms with van der Waals surface area (Å²) in [5.41, 5.74) is 0. The number of carbonyl (C=O) groups is 2. The first kappa shape index (κ1) is 29.8.